The molecule has 0 aromatic heterocycles. The maximum atomic E-state index is 9.06. The minimum absolute atomic E-state index is 0.339. The van der Waals surface area contributed by atoms with Gasteiger partial charge in [-0.25, -0.2) is 0 Å². The molecule has 76 valence electrons. The van der Waals surface area contributed by atoms with Crippen LogP contribution in [-0.2, 0) is 0 Å². The number of ether oxygens (including phenoxy) is 2. The molecule has 0 aliphatic heterocycles. The lowest BCUT2D eigenvalue weighted by molar-refractivity contribution is 0.388. The van der Waals surface area contributed by atoms with Crippen molar-refractivity contribution < 1.29 is 19.5 Å². The molecule has 14 heavy (non-hydrogen) atoms. The van der Waals surface area contributed by atoms with Crippen LogP contribution >= 0.6 is 0 Å². The van der Waals surface area contributed by atoms with Crippen LogP contribution in [0.2, 0.25) is 0 Å². The van der Waals surface area contributed by atoms with Crippen molar-refractivity contribution in [3.8, 4) is 11.5 Å². The van der Waals surface area contributed by atoms with E-state index in [1.54, 1.807) is 19.2 Å². The first-order chi connectivity index (χ1) is 6.60. The molecular formula is C9H13BO4. The van der Waals surface area contributed by atoms with Crippen LogP contribution in [0.4, 0.5) is 0 Å². The highest BCUT2D eigenvalue weighted by molar-refractivity contribution is 6.59. The zero-order valence-corrected chi connectivity index (χ0v) is 8.44. The number of rotatable bonds is 3. The number of hydrogen-bond donors (Lipinski definition) is 2. The van der Waals surface area contributed by atoms with Gasteiger partial charge in [-0.3, -0.25) is 0 Å². The second-order valence-corrected chi connectivity index (χ2v) is 2.94. The van der Waals surface area contributed by atoms with Crippen molar-refractivity contribution in [1.82, 2.24) is 0 Å². The maximum Gasteiger partial charge on any atom is 0.492 e. The van der Waals surface area contributed by atoms with Crippen LogP contribution in [0.3, 0.4) is 0 Å². The Morgan fingerprint density at radius 2 is 1.64 bits per heavy atom. The molecule has 0 heterocycles. The second kappa shape index (κ2) is 4.35. The first-order valence-electron chi connectivity index (χ1n) is 4.18. The average molecular weight is 196 g/mol. The highest BCUT2D eigenvalue weighted by Gasteiger charge is 2.18. The number of methoxy groups -OCH3 is 2. The zero-order valence-electron chi connectivity index (χ0n) is 8.44. The molecule has 0 aliphatic rings. The van der Waals surface area contributed by atoms with Crippen molar-refractivity contribution in [2.75, 3.05) is 14.2 Å². The van der Waals surface area contributed by atoms with E-state index in [0.717, 1.165) is 5.56 Å². The van der Waals surface area contributed by atoms with Crippen molar-refractivity contribution in [1.29, 1.82) is 0 Å². The molecule has 1 aromatic rings. The van der Waals surface area contributed by atoms with E-state index in [4.69, 9.17) is 19.5 Å². The SMILES string of the molecule is COc1cc(OC)c(B(O)O)cc1C. The van der Waals surface area contributed by atoms with Gasteiger partial charge in [-0.1, -0.05) is 6.07 Å². The van der Waals surface area contributed by atoms with Gasteiger partial charge >= 0.3 is 7.12 Å². The Bertz CT molecular complexity index is 325. The summed E-state index contributed by atoms with van der Waals surface area (Å²) in [4.78, 5) is 0. The fraction of sp³-hybridized carbons (Fsp3) is 0.333. The topological polar surface area (TPSA) is 58.9 Å². The quantitative estimate of drug-likeness (QED) is 0.651. The van der Waals surface area contributed by atoms with Gasteiger partial charge in [0.15, 0.2) is 0 Å². The lowest BCUT2D eigenvalue weighted by atomic mass is 9.78. The number of hydrogen-bond acceptors (Lipinski definition) is 4. The van der Waals surface area contributed by atoms with Crippen LogP contribution in [0.25, 0.3) is 0 Å². The predicted octanol–water partition coefficient (Wildman–Crippen LogP) is -0.308. The van der Waals surface area contributed by atoms with E-state index in [-0.39, 0.29) is 0 Å². The van der Waals surface area contributed by atoms with Gasteiger partial charge in [0.2, 0.25) is 0 Å². The summed E-state index contributed by atoms with van der Waals surface area (Å²) in [6.07, 6.45) is 0. The van der Waals surface area contributed by atoms with Crippen molar-refractivity contribution >= 4 is 12.6 Å². The summed E-state index contributed by atoms with van der Waals surface area (Å²) in [6.45, 7) is 1.82. The van der Waals surface area contributed by atoms with Crippen molar-refractivity contribution in [2.24, 2.45) is 0 Å². The van der Waals surface area contributed by atoms with Crippen LogP contribution in [-0.4, -0.2) is 31.4 Å². The highest BCUT2D eigenvalue weighted by Crippen LogP contribution is 2.22. The number of aryl methyl sites for hydroxylation is 1. The molecule has 0 amide bonds. The molecule has 1 rings (SSSR count). The third kappa shape index (κ3) is 2.00. The van der Waals surface area contributed by atoms with Crippen LogP contribution in [0.1, 0.15) is 5.56 Å². The molecule has 1 aromatic carbocycles. The van der Waals surface area contributed by atoms with Gasteiger partial charge in [-0.2, -0.15) is 0 Å². The van der Waals surface area contributed by atoms with Gasteiger partial charge in [0, 0.05) is 11.5 Å². The third-order valence-electron chi connectivity index (χ3n) is 2.03. The molecule has 0 aliphatic carbocycles. The van der Waals surface area contributed by atoms with E-state index < -0.39 is 7.12 Å². The molecular weight excluding hydrogens is 183 g/mol. The van der Waals surface area contributed by atoms with E-state index in [0.29, 0.717) is 17.0 Å². The molecule has 2 N–H and O–H groups in total. The number of benzene rings is 1. The molecule has 0 radical (unpaired) electrons. The normalized spacial score (nSPS) is 9.79. The molecule has 0 fully saturated rings. The minimum Gasteiger partial charge on any atom is -0.497 e. The molecule has 0 saturated carbocycles. The smallest absolute Gasteiger partial charge is 0.492 e. The molecule has 0 saturated heterocycles. The largest absolute Gasteiger partial charge is 0.497 e. The Hall–Kier alpha value is -1.20. The van der Waals surface area contributed by atoms with Crippen molar-refractivity contribution in [3.05, 3.63) is 17.7 Å². The standard InChI is InChI=1S/C9H13BO4/c1-6-4-7(10(11)12)9(14-3)5-8(6)13-2/h4-5,11-12H,1-3H3. The summed E-state index contributed by atoms with van der Waals surface area (Å²) < 4.78 is 10.1. The van der Waals surface area contributed by atoms with Gasteiger partial charge < -0.3 is 19.5 Å². The fourth-order valence-electron chi connectivity index (χ4n) is 1.29. The molecule has 5 heteroatoms. The van der Waals surface area contributed by atoms with E-state index in [2.05, 4.69) is 0 Å². The Morgan fingerprint density at radius 1 is 1.07 bits per heavy atom. The Balaban J connectivity index is 3.24. The van der Waals surface area contributed by atoms with Crippen LogP contribution in [0.5, 0.6) is 11.5 Å². The molecule has 0 bridgehead atoms. The summed E-state index contributed by atoms with van der Waals surface area (Å²) in [6, 6.07) is 3.26. The van der Waals surface area contributed by atoms with Gasteiger partial charge in [0.1, 0.15) is 11.5 Å². The van der Waals surface area contributed by atoms with Crippen LogP contribution < -0.4 is 14.9 Å². The van der Waals surface area contributed by atoms with E-state index in [1.807, 2.05) is 6.92 Å². The lowest BCUT2D eigenvalue weighted by Crippen LogP contribution is -2.31. The van der Waals surface area contributed by atoms with Gasteiger partial charge in [0.25, 0.3) is 0 Å². The van der Waals surface area contributed by atoms with Crippen LogP contribution in [0.15, 0.2) is 12.1 Å². The predicted molar refractivity (Wildman–Crippen MR) is 54.1 cm³/mol. The second-order valence-electron chi connectivity index (χ2n) is 2.94. The Morgan fingerprint density at radius 3 is 2.07 bits per heavy atom. The zero-order chi connectivity index (χ0) is 10.7. The third-order valence-corrected chi connectivity index (χ3v) is 2.03. The molecule has 0 atom stereocenters. The molecule has 0 spiro atoms. The van der Waals surface area contributed by atoms with Crippen molar-refractivity contribution in [2.45, 2.75) is 6.92 Å². The first-order valence-corrected chi connectivity index (χ1v) is 4.18. The summed E-state index contributed by atoms with van der Waals surface area (Å²) >= 11 is 0. The van der Waals surface area contributed by atoms with Gasteiger partial charge in [-0.05, 0) is 12.5 Å². The van der Waals surface area contributed by atoms with Gasteiger partial charge in [0.05, 0.1) is 14.2 Å². The van der Waals surface area contributed by atoms with Crippen LogP contribution in [0, 0.1) is 6.92 Å². The van der Waals surface area contributed by atoms with E-state index in [9.17, 15) is 0 Å². The average Bonchev–Trinajstić information content (AvgIpc) is 2.17. The monoisotopic (exact) mass is 196 g/mol. The van der Waals surface area contributed by atoms with Gasteiger partial charge in [-0.15, -0.1) is 0 Å². The Labute approximate surface area is 83.2 Å². The minimum atomic E-state index is -1.53. The molecule has 4 nitrogen and oxygen atoms in total. The van der Waals surface area contributed by atoms with Crippen molar-refractivity contribution in [3.63, 3.8) is 0 Å². The summed E-state index contributed by atoms with van der Waals surface area (Å²) in [5.74, 6) is 1.06. The summed E-state index contributed by atoms with van der Waals surface area (Å²) in [5, 5.41) is 18.1. The lowest BCUT2D eigenvalue weighted by Gasteiger charge is -2.12. The maximum absolute atomic E-state index is 9.06. The molecule has 0 unspecified atom stereocenters. The fourth-order valence-corrected chi connectivity index (χ4v) is 1.29. The Kier molecular flexibility index (Phi) is 3.38. The summed E-state index contributed by atoms with van der Waals surface area (Å²) in [7, 11) is 1.49. The summed E-state index contributed by atoms with van der Waals surface area (Å²) in [5.41, 5.74) is 1.17. The van der Waals surface area contributed by atoms with E-state index >= 15 is 0 Å². The first kappa shape index (κ1) is 10.9. The highest BCUT2D eigenvalue weighted by atomic mass is 16.5. The van der Waals surface area contributed by atoms with E-state index in [1.165, 1.54) is 7.11 Å².